The van der Waals surface area contributed by atoms with Gasteiger partial charge in [-0.15, -0.1) is 25.2 Å². The van der Waals surface area contributed by atoms with Gasteiger partial charge in [-0.2, -0.15) is 0 Å². The van der Waals surface area contributed by atoms with Gasteiger partial charge in [0.05, 0.1) is 0 Å². The van der Waals surface area contributed by atoms with E-state index in [1.807, 2.05) is 0 Å². The molecule has 0 aliphatic heterocycles. The SMILES string of the molecule is C#C.C#CCCCCCC. The van der Waals surface area contributed by atoms with Crippen LogP contribution >= 0.6 is 0 Å². The molecule has 0 aromatic carbocycles. The predicted octanol–water partition coefficient (Wildman–Crippen LogP) is 2.84. The first kappa shape index (κ1) is 11.9. The summed E-state index contributed by atoms with van der Waals surface area (Å²) in [6.07, 6.45) is 19.2. The van der Waals surface area contributed by atoms with Crippen molar-refractivity contribution in [2.24, 2.45) is 0 Å². The first-order valence-electron chi connectivity index (χ1n) is 3.68. The topological polar surface area (TPSA) is 0 Å². The Hall–Kier alpha value is -0.880. The maximum absolute atomic E-state index is 5.06. The van der Waals surface area contributed by atoms with Crippen molar-refractivity contribution in [1.82, 2.24) is 0 Å². The molecule has 0 atom stereocenters. The van der Waals surface area contributed by atoms with Gasteiger partial charge in [0.1, 0.15) is 0 Å². The Morgan fingerprint density at radius 3 is 2.10 bits per heavy atom. The molecule has 0 nitrogen and oxygen atoms in total. The monoisotopic (exact) mass is 136 g/mol. The Balaban J connectivity index is 0. The Morgan fingerprint density at radius 1 is 1.10 bits per heavy atom. The van der Waals surface area contributed by atoms with Crippen LogP contribution in [0.25, 0.3) is 0 Å². The predicted molar refractivity (Wildman–Crippen MR) is 47.5 cm³/mol. The lowest BCUT2D eigenvalue weighted by Crippen LogP contribution is -1.72. The van der Waals surface area contributed by atoms with E-state index in [2.05, 4.69) is 25.7 Å². The zero-order chi connectivity index (χ0) is 8.24. The number of terminal acetylenes is 2. The molecule has 0 N–H and O–H groups in total. The summed E-state index contributed by atoms with van der Waals surface area (Å²) in [5, 5.41) is 0. The van der Waals surface area contributed by atoms with Crippen LogP contribution in [0.15, 0.2) is 0 Å². The summed E-state index contributed by atoms with van der Waals surface area (Å²) in [5.41, 5.74) is 0. The van der Waals surface area contributed by atoms with Gasteiger partial charge < -0.3 is 0 Å². The van der Waals surface area contributed by atoms with Gasteiger partial charge in [-0.1, -0.05) is 26.2 Å². The summed E-state index contributed by atoms with van der Waals surface area (Å²) in [7, 11) is 0. The lowest BCUT2D eigenvalue weighted by Gasteiger charge is -1.90. The van der Waals surface area contributed by atoms with Crippen LogP contribution in [0.3, 0.4) is 0 Å². The van der Waals surface area contributed by atoms with Gasteiger partial charge in [0, 0.05) is 6.42 Å². The fourth-order valence-electron chi connectivity index (χ4n) is 0.654. The van der Waals surface area contributed by atoms with Gasteiger partial charge in [0.2, 0.25) is 0 Å². The smallest absolute Gasteiger partial charge is 0.00860 e. The molecule has 0 saturated heterocycles. The summed E-state index contributed by atoms with van der Waals surface area (Å²) in [5.74, 6) is 2.63. The molecule has 0 aromatic rings. The van der Waals surface area contributed by atoms with Crippen molar-refractivity contribution in [3.63, 3.8) is 0 Å². The highest BCUT2D eigenvalue weighted by atomic mass is 13.9. The van der Waals surface area contributed by atoms with E-state index in [1.54, 1.807) is 0 Å². The van der Waals surface area contributed by atoms with Crippen LogP contribution in [0.4, 0.5) is 0 Å². The molecule has 0 unspecified atom stereocenters. The van der Waals surface area contributed by atoms with Crippen LogP contribution in [0.5, 0.6) is 0 Å². The van der Waals surface area contributed by atoms with E-state index in [1.165, 1.54) is 25.7 Å². The van der Waals surface area contributed by atoms with E-state index in [0.717, 1.165) is 6.42 Å². The first-order chi connectivity index (χ1) is 4.91. The maximum Gasteiger partial charge on any atom is 0.00860 e. The molecule has 56 valence electrons. The standard InChI is InChI=1S/C8H14.C2H2/c1-3-5-7-8-6-4-2;1-2/h1H,4-8H2,2H3;1-2H. The fraction of sp³-hybridized carbons (Fsp3) is 0.600. The maximum atomic E-state index is 5.06. The van der Waals surface area contributed by atoms with Crippen molar-refractivity contribution >= 4 is 0 Å². The van der Waals surface area contributed by atoms with E-state index in [4.69, 9.17) is 6.42 Å². The number of hydrogen-bond acceptors (Lipinski definition) is 0. The molecule has 0 amide bonds. The average Bonchev–Trinajstić information content (AvgIpc) is 2.02. The third-order valence-electron chi connectivity index (χ3n) is 1.17. The summed E-state index contributed by atoms with van der Waals surface area (Å²) in [6, 6.07) is 0. The summed E-state index contributed by atoms with van der Waals surface area (Å²) >= 11 is 0. The second kappa shape index (κ2) is 15.7. The van der Waals surface area contributed by atoms with Crippen molar-refractivity contribution in [3.8, 4) is 25.2 Å². The zero-order valence-electron chi connectivity index (χ0n) is 6.77. The van der Waals surface area contributed by atoms with E-state index >= 15 is 0 Å². The van der Waals surface area contributed by atoms with Crippen LogP contribution in [0.1, 0.15) is 39.0 Å². The normalized spacial score (nSPS) is 7.00. The molecule has 0 aliphatic rings. The van der Waals surface area contributed by atoms with Crippen molar-refractivity contribution in [2.45, 2.75) is 39.0 Å². The minimum atomic E-state index is 0.958. The van der Waals surface area contributed by atoms with Crippen LogP contribution in [-0.4, -0.2) is 0 Å². The zero-order valence-corrected chi connectivity index (χ0v) is 6.77. The van der Waals surface area contributed by atoms with Gasteiger partial charge >= 0.3 is 0 Å². The Bertz CT molecular complexity index is 92.3. The van der Waals surface area contributed by atoms with Crippen molar-refractivity contribution in [1.29, 1.82) is 0 Å². The minimum Gasteiger partial charge on any atom is -0.124 e. The second-order valence-electron chi connectivity index (χ2n) is 2.01. The molecule has 0 radical (unpaired) electrons. The van der Waals surface area contributed by atoms with Gasteiger partial charge in [0.25, 0.3) is 0 Å². The molecule has 0 heterocycles. The summed E-state index contributed by atoms with van der Waals surface area (Å²) in [6.45, 7) is 2.20. The van der Waals surface area contributed by atoms with Gasteiger partial charge in [0.15, 0.2) is 0 Å². The second-order valence-corrected chi connectivity index (χ2v) is 2.01. The molecule has 0 rings (SSSR count). The first-order valence-corrected chi connectivity index (χ1v) is 3.68. The molecule has 0 fully saturated rings. The third-order valence-corrected chi connectivity index (χ3v) is 1.17. The van der Waals surface area contributed by atoms with Crippen molar-refractivity contribution < 1.29 is 0 Å². The highest BCUT2D eigenvalue weighted by Crippen LogP contribution is 2.00. The molecule has 10 heavy (non-hydrogen) atoms. The van der Waals surface area contributed by atoms with Crippen LogP contribution in [0.2, 0.25) is 0 Å². The third kappa shape index (κ3) is 15.7. The van der Waals surface area contributed by atoms with E-state index in [0.29, 0.717) is 0 Å². The van der Waals surface area contributed by atoms with E-state index < -0.39 is 0 Å². The molecule has 0 heteroatoms. The summed E-state index contributed by atoms with van der Waals surface area (Å²) < 4.78 is 0. The minimum absolute atomic E-state index is 0.958. The van der Waals surface area contributed by atoms with Crippen LogP contribution in [0, 0.1) is 25.2 Å². The molecule has 0 saturated carbocycles. The van der Waals surface area contributed by atoms with Gasteiger partial charge in [-0.25, -0.2) is 0 Å². The highest BCUT2D eigenvalue weighted by molar-refractivity contribution is 4.82. The molecular weight excluding hydrogens is 120 g/mol. The average molecular weight is 136 g/mol. The Morgan fingerprint density at radius 2 is 1.70 bits per heavy atom. The van der Waals surface area contributed by atoms with Crippen LogP contribution < -0.4 is 0 Å². The molecule has 0 aliphatic carbocycles. The van der Waals surface area contributed by atoms with Gasteiger partial charge in [-0.3, -0.25) is 0 Å². The van der Waals surface area contributed by atoms with E-state index in [9.17, 15) is 0 Å². The Kier molecular flexibility index (Phi) is 18.6. The number of hydrogen-bond donors (Lipinski definition) is 0. The fourth-order valence-corrected chi connectivity index (χ4v) is 0.654. The lowest BCUT2D eigenvalue weighted by molar-refractivity contribution is 0.680. The molecule has 0 spiro atoms. The van der Waals surface area contributed by atoms with Gasteiger partial charge in [-0.05, 0) is 6.42 Å². The lowest BCUT2D eigenvalue weighted by atomic mass is 10.2. The Labute approximate surface area is 65.0 Å². The number of rotatable bonds is 4. The van der Waals surface area contributed by atoms with Crippen molar-refractivity contribution in [2.75, 3.05) is 0 Å². The van der Waals surface area contributed by atoms with Crippen molar-refractivity contribution in [3.05, 3.63) is 0 Å². The molecule has 0 bridgehead atoms. The molecule has 0 aromatic heterocycles. The number of unbranched alkanes of at least 4 members (excludes halogenated alkanes) is 4. The summed E-state index contributed by atoms with van der Waals surface area (Å²) in [4.78, 5) is 0. The quantitative estimate of drug-likeness (QED) is 0.412. The largest absolute Gasteiger partial charge is 0.124 e. The molecular formula is C10H16. The van der Waals surface area contributed by atoms with Crippen LogP contribution in [-0.2, 0) is 0 Å². The van der Waals surface area contributed by atoms with E-state index in [-0.39, 0.29) is 0 Å². The highest BCUT2D eigenvalue weighted by Gasteiger charge is 1.81.